The molecule has 0 amide bonds. The fraction of sp³-hybridized carbons (Fsp3) is 0.667. The van der Waals surface area contributed by atoms with Gasteiger partial charge in [-0.05, 0) is 39.1 Å². The lowest BCUT2D eigenvalue weighted by Crippen LogP contribution is -2.41. The van der Waals surface area contributed by atoms with E-state index in [1.165, 1.54) is 6.07 Å². The number of sulfonamides is 1. The molecule has 1 unspecified atom stereocenters. The first kappa shape index (κ1) is 14.8. The second-order valence-corrected chi connectivity index (χ2v) is 7.12. The third kappa shape index (κ3) is 3.13. The summed E-state index contributed by atoms with van der Waals surface area (Å²) in [5.74, 6) is 0.653. The summed E-state index contributed by atoms with van der Waals surface area (Å²) in [6.45, 7) is 1.28. The van der Waals surface area contributed by atoms with Crippen molar-refractivity contribution in [3.05, 3.63) is 17.9 Å². The smallest absolute Gasteiger partial charge is 0.276 e. The van der Waals surface area contributed by atoms with E-state index >= 15 is 0 Å². The van der Waals surface area contributed by atoms with Crippen LogP contribution >= 0.6 is 11.6 Å². The van der Waals surface area contributed by atoms with Crippen molar-refractivity contribution in [2.75, 3.05) is 27.2 Å². The van der Waals surface area contributed by atoms with Gasteiger partial charge >= 0.3 is 0 Å². The second-order valence-electron chi connectivity index (χ2n) is 5.03. The molecule has 2 rings (SSSR count). The lowest BCUT2D eigenvalue weighted by Gasteiger charge is -2.25. The minimum atomic E-state index is -3.54. The number of alkyl halides is 1. The van der Waals surface area contributed by atoms with Crippen molar-refractivity contribution in [3.8, 4) is 0 Å². The number of halogens is 1. The van der Waals surface area contributed by atoms with Crippen LogP contribution in [0.3, 0.4) is 0 Å². The summed E-state index contributed by atoms with van der Waals surface area (Å²) in [6, 6.07) is 3.11. The SMILES string of the molecule is CN(C)CC1CCCN1S(=O)(=O)c1ccc(CCl)o1. The van der Waals surface area contributed by atoms with Crippen molar-refractivity contribution in [1.82, 2.24) is 9.21 Å². The summed E-state index contributed by atoms with van der Waals surface area (Å²) < 4.78 is 31.9. The molecule has 7 heteroatoms. The van der Waals surface area contributed by atoms with Gasteiger partial charge in [0.1, 0.15) is 5.76 Å². The minimum absolute atomic E-state index is 0.00574. The van der Waals surface area contributed by atoms with Crippen LogP contribution in [0, 0.1) is 0 Å². The molecule has 1 aliphatic rings. The molecule has 2 heterocycles. The first-order valence-corrected chi connectivity index (χ1v) is 8.24. The molecule has 0 spiro atoms. The van der Waals surface area contributed by atoms with Crippen molar-refractivity contribution in [2.24, 2.45) is 0 Å². The van der Waals surface area contributed by atoms with E-state index in [1.807, 2.05) is 19.0 Å². The van der Waals surface area contributed by atoms with Crippen molar-refractivity contribution < 1.29 is 12.8 Å². The Bertz CT molecular complexity index is 527. The van der Waals surface area contributed by atoms with Gasteiger partial charge in [-0.3, -0.25) is 0 Å². The van der Waals surface area contributed by atoms with Crippen molar-refractivity contribution in [3.63, 3.8) is 0 Å². The zero-order chi connectivity index (χ0) is 14.0. The standard InChI is InChI=1S/C12H19ClN2O3S/c1-14(2)9-10-4-3-7-15(10)19(16,17)12-6-5-11(8-13)18-12/h5-6,10H,3-4,7-9H2,1-2H3. The van der Waals surface area contributed by atoms with E-state index in [2.05, 4.69) is 0 Å². The Balaban J connectivity index is 2.23. The monoisotopic (exact) mass is 306 g/mol. The molecular formula is C12H19ClN2O3S. The number of likely N-dealkylation sites (N-methyl/N-ethyl adjacent to an activating group) is 1. The van der Waals surface area contributed by atoms with Crippen LogP contribution in [0.1, 0.15) is 18.6 Å². The second kappa shape index (κ2) is 5.83. The van der Waals surface area contributed by atoms with Gasteiger partial charge in [-0.15, -0.1) is 11.6 Å². The number of hydrogen-bond acceptors (Lipinski definition) is 4. The highest BCUT2D eigenvalue weighted by Gasteiger charge is 2.37. The zero-order valence-electron chi connectivity index (χ0n) is 11.2. The van der Waals surface area contributed by atoms with Crippen LogP contribution < -0.4 is 0 Å². The Labute approximate surface area is 119 Å². The lowest BCUT2D eigenvalue weighted by molar-refractivity contribution is 0.285. The maximum Gasteiger partial charge on any atom is 0.276 e. The average molecular weight is 307 g/mol. The molecule has 1 saturated heterocycles. The van der Waals surface area contributed by atoms with Gasteiger partial charge in [-0.25, -0.2) is 8.42 Å². The van der Waals surface area contributed by atoms with E-state index in [-0.39, 0.29) is 17.0 Å². The molecule has 1 aromatic heterocycles. The average Bonchev–Trinajstić information content (AvgIpc) is 2.95. The maximum atomic E-state index is 12.5. The summed E-state index contributed by atoms with van der Waals surface area (Å²) in [6.07, 6.45) is 1.78. The molecule has 1 aliphatic heterocycles. The molecule has 0 aromatic carbocycles. The lowest BCUT2D eigenvalue weighted by atomic mass is 10.2. The molecule has 0 aliphatic carbocycles. The van der Waals surface area contributed by atoms with Gasteiger partial charge in [0, 0.05) is 19.1 Å². The zero-order valence-corrected chi connectivity index (χ0v) is 12.7. The van der Waals surface area contributed by atoms with Crippen molar-refractivity contribution in [2.45, 2.75) is 29.9 Å². The molecule has 5 nitrogen and oxygen atoms in total. The fourth-order valence-corrected chi connectivity index (χ4v) is 4.18. The van der Waals surface area contributed by atoms with Gasteiger partial charge < -0.3 is 9.32 Å². The van der Waals surface area contributed by atoms with Crippen LogP contribution in [0.15, 0.2) is 21.6 Å². The van der Waals surface area contributed by atoms with Gasteiger partial charge in [-0.2, -0.15) is 4.31 Å². The highest BCUT2D eigenvalue weighted by Crippen LogP contribution is 2.27. The summed E-state index contributed by atoms with van der Waals surface area (Å²) in [5, 5.41) is -0.00574. The molecule has 1 fully saturated rings. The Hall–Kier alpha value is -0.560. The number of hydrogen-bond donors (Lipinski definition) is 0. The van der Waals surface area contributed by atoms with Gasteiger partial charge in [0.25, 0.3) is 10.0 Å². The molecule has 0 N–H and O–H groups in total. The van der Waals surface area contributed by atoms with E-state index in [0.29, 0.717) is 12.3 Å². The van der Waals surface area contributed by atoms with Crippen LogP contribution in [0.25, 0.3) is 0 Å². The van der Waals surface area contributed by atoms with Crippen LogP contribution in [0.4, 0.5) is 0 Å². The summed E-state index contributed by atoms with van der Waals surface area (Å²) in [5.41, 5.74) is 0. The van der Waals surface area contributed by atoms with Crippen LogP contribution in [0.2, 0.25) is 0 Å². The minimum Gasteiger partial charge on any atom is -0.447 e. The van der Waals surface area contributed by atoms with Gasteiger partial charge in [-0.1, -0.05) is 0 Å². The van der Waals surface area contributed by atoms with Gasteiger partial charge in [0.2, 0.25) is 5.09 Å². The number of nitrogens with zero attached hydrogens (tertiary/aromatic N) is 2. The quantitative estimate of drug-likeness (QED) is 0.778. The molecule has 0 bridgehead atoms. The highest BCUT2D eigenvalue weighted by atomic mass is 35.5. The van der Waals surface area contributed by atoms with Crippen molar-refractivity contribution in [1.29, 1.82) is 0 Å². The van der Waals surface area contributed by atoms with Crippen LogP contribution in [-0.2, 0) is 15.9 Å². The van der Waals surface area contributed by atoms with Crippen LogP contribution in [-0.4, -0.2) is 50.8 Å². The summed E-state index contributed by atoms with van der Waals surface area (Å²) >= 11 is 5.64. The predicted molar refractivity (Wildman–Crippen MR) is 73.7 cm³/mol. The van der Waals surface area contributed by atoms with E-state index in [4.69, 9.17) is 16.0 Å². The molecule has 1 aromatic rings. The normalized spacial score (nSPS) is 21.4. The van der Waals surface area contributed by atoms with E-state index < -0.39 is 10.0 Å². The number of rotatable bonds is 5. The first-order chi connectivity index (χ1) is 8.95. The predicted octanol–water partition coefficient (Wildman–Crippen LogP) is 1.73. The Morgan fingerprint density at radius 3 is 2.79 bits per heavy atom. The summed E-state index contributed by atoms with van der Waals surface area (Å²) in [4.78, 5) is 2.00. The van der Waals surface area contributed by atoms with Gasteiger partial charge in [0.05, 0.1) is 5.88 Å². The van der Waals surface area contributed by atoms with Crippen LogP contribution in [0.5, 0.6) is 0 Å². The molecule has 0 radical (unpaired) electrons. The summed E-state index contributed by atoms with van der Waals surface area (Å²) in [7, 11) is 0.351. The Kier molecular flexibility index (Phi) is 4.55. The topological polar surface area (TPSA) is 53.8 Å². The number of furan rings is 1. The molecular weight excluding hydrogens is 288 g/mol. The van der Waals surface area contributed by atoms with E-state index in [0.717, 1.165) is 19.4 Å². The van der Waals surface area contributed by atoms with E-state index in [9.17, 15) is 8.42 Å². The molecule has 19 heavy (non-hydrogen) atoms. The largest absolute Gasteiger partial charge is 0.447 e. The highest BCUT2D eigenvalue weighted by molar-refractivity contribution is 7.89. The maximum absolute atomic E-state index is 12.5. The molecule has 1 atom stereocenters. The molecule has 0 saturated carbocycles. The van der Waals surface area contributed by atoms with Crippen molar-refractivity contribution >= 4 is 21.6 Å². The Morgan fingerprint density at radius 2 is 2.21 bits per heavy atom. The third-order valence-corrected chi connectivity index (χ3v) is 5.32. The van der Waals surface area contributed by atoms with Gasteiger partial charge in [0.15, 0.2) is 0 Å². The molecule has 108 valence electrons. The van der Waals surface area contributed by atoms with E-state index in [1.54, 1.807) is 10.4 Å². The third-order valence-electron chi connectivity index (χ3n) is 3.23. The first-order valence-electron chi connectivity index (χ1n) is 6.26. The Morgan fingerprint density at radius 1 is 1.47 bits per heavy atom. The fourth-order valence-electron chi connectivity index (χ4n) is 2.41.